The first-order chi connectivity index (χ1) is 14.2. The lowest BCUT2D eigenvalue weighted by Crippen LogP contribution is -2.50. The molecule has 160 valence electrons. The molecule has 30 heavy (non-hydrogen) atoms. The standard InChI is InChI=1S/C22H27N3O5/c1-22(2,3)30-21(26)24-12-10-23(11-13-24)18-7-5-6-16(14-18)17-8-9-19(25(27)28)20(15-17)29-4/h5-9,14-15H,10-13H2,1-4H3. The van der Waals surface area contributed by atoms with Gasteiger partial charge in [0.2, 0.25) is 0 Å². The number of amides is 1. The average Bonchev–Trinajstić information content (AvgIpc) is 2.72. The van der Waals surface area contributed by atoms with Crippen molar-refractivity contribution in [2.75, 3.05) is 38.2 Å². The van der Waals surface area contributed by atoms with Crippen LogP contribution in [-0.2, 0) is 4.74 Å². The van der Waals surface area contributed by atoms with Crippen molar-refractivity contribution in [3.63, 3.8) is 0 Å². The third kappa shape index (κ3) is 5.00. The number of piperazine rings is 1. The Morgan fingerprint density at radius 2 is 1.70 bits per heavy atom. The lowest BCUT2D eigenvalue weighted by atomic mass is 10.0. The van der Waals surface area contributed by atoms with Gasteiger partial charge in [0.05, 0.1) is 12.0 Å². The molecule has 0 saturated carbocycles. The molecule has 0 radical (unpaired) electrons. The lowest BCUT2D eigenvalue weighted by Gasteiger charge is -2.36. The molecule has 8 nitrogen and oxygen atoms in total. The minimum atomic E-state index is -0.506. The minimum Gasteiger partial charge on any atom is -0.490 e. The van der Waals surface area contributed by atoms with Crippen molar-refractivity contribution in [1.82, 2.24) is 4.90 Å². The summed E-state index contributed by atoms with van der Waals surface area (Å²) in [6.45, 7) is 8.16. The van der Waals surface area contributed by atoms with E-state index in [1.807, 2.05) is 45.0 Å². The molecule has 0 unspecified atom stereocenters. The first-order valence-electron chi connectivity index (χ1n) is 9.84. The van der Waals surface area contributed by atoms with Crippen LogP contribution in [0.4, 0.5) is 16.2 Å². The summed E-state index contributed by atoms with van der Waals surface area (Å²) in [7, 11) is 1.42. The van der Waals surface area contributed by atoms with Gasteiger partial charge in [-0.05, 0) is 56.2 Å². The van der Waals surface area contributed by atoms with Crippen molar-refractivity contribution in [1.29, 1.82) is 0 Å². The molecule has 0 bridgehead atoms. The number of carbonyl (C=O) groups excluding carboxylic acids is 1. The zero-order chi connectivity index (χ0) is 21.9. The number of nitrogens with zero attached hydrogens (tertiary/aromatic N) is 3. The van der Waals surface area contributed by atoms with Gasteiger partial charge in [0.1, 0.15) is 5.60 Å². The third-order valence-electron chi connectivity index (χ3n) is 4.85. The molecule has 1 heterocycles. The van der Waals surface area contributed by atoms with E-state index in [4.69, 9.17) is 9.47 Å². The van der Waals surface area contributed by atoms with Crippen LogP contribution in [0.5, 0.6) is 5.75 Å². The van der Waals surface area contributed by atoms with Crippen LogP contribution in [0.1, 0.15) is 20.8 Å². The van der Waals surface area contributed by atoms with E-state index in [2.05, 4.69) is 4.90 Å². The highest BCUT2D eigenvalue weighted by atomic mass is 16.6. The topological polar surface area (TPSA) is 85.2 Å². The first kappa shape index (κ1) is 21.4. The second kappa shape index (κ2) is 8.61. The molecule has 0 atom stereocenters. The monoisotopic (exact) mass is 413 g/mol. The molecule has 1 aliphatic rings. The van der Waals surface area contributed by atoms with Crippen LogP contribution in [0.2, 0.25) is 0 Å². The summed E-state index contributed by atoms with van der Waals surface area (Å²) in [5.74, 6) is 0.230. The first-order valence-corrected chi connectivity index (χ1v) is 9.84. The fourth-order valence-corrected chi connectivity index (χ4v) is 3.36. The predicted molar refractivity (Wildman–Crippen MR) is 115 cm³/mol. The Bertz CT molecular complexity index is 931. The quantitative estimate of drug-likeness (QED) is 0.548. The Kier molecular flexibility index (Phi) is 6.14. The molecule has 2 aromatic rings. The molecule has 8 heteroatoms. The second-order valence-electron chi connectivity index (χ2n) is 8.15. The molecular formula is C22H27N3O5. The summed E-state index contributed by atoms with van der Waals surface area (Å²) in [4.78, 5) is 26.9. The van der Waals surface area contributed by atoms with Crippen molar-refractivity contribution in [3.8, 4) is 16.9 Å². The van der Waals surface area contributed by atoms with Crippen LogP contribution in [0.3, 0.4) is 0 Å². The summed E-state index contributed by atoms with van der Waals surface area (Å²) in [5, 5.41) is 11.1. The second-order valence-corrected chi connectivity index (χ2v) is 8.15. The maximum absolute atomic E-state index is 12.3. The van der Waals surface area contributed by atoms with Crippen LogP contribution in [0.25, 0.3) is 11.1 Å². The number of ether oxygens (including phenoxy) is 2. The van der Waals surface area contributed by atoms with Crippen molar-refractivity contribution < 1.29 is 19.2 Å². The van der Waals surface area contributed by atoms with Crippen LogP contribution < -0.4 is 9.64 Å². The number of rotatable bonds is 4. The Morgan fingerprint density at radius 1 is 1.03 bits per heavy atom. The Balaban J connectivity index is 1.73. The molecule has 1 amide bonds. The molecule has 0 N–H and O–H groups in total. The van der Waals surface area contributed by atoms with Gasteiger partial charge in [-0.25, -0.2) is 4.79 Å². The molecular weight excluding hydrogens is 386 g/mol. The van der Waals surface area contributed by atoms with Crippen molar-refractivity contribution >= 4 is 17.5 Å². The van der Waals surface area contributed by atoms with Gasteiger partial charge in [-0.1, -0.05) is 12.1 Å². The molecule has 0 aromatic heterocycles. The van der Waals surface area contributed by atoms with Gasteiger partial charge in [0.25, 0.3) is 0 Å². The largest absolute Gasteiger partial charge is 0.490 e. The van der Waals surface area contributed by atoms with E-state index in [1.165, 1.54) is 13.2 Å². The molecule has 1 fully saturated rings. The molecule has 0 spiro atoms. The maximum atomic E-state index is 12.3. The van der Waals surface area contributed by atoms with Crippen LogP contribution in [-0.4, -0.2) is 54.8 Å². The molecule has 1 aliphatic heterocycles. The Hall–Kier alpha value is -3.29. The fraction of sp³-hybridized carbons (Fsp3) is 0.409. The third-order valence-corrected chi connectivity index (χ3v) is 4.85. The van der Waals surface area contributed by atoms with Crippen LogP contribution in [0.15, 0.2) is 42.5 Å². The van der Waals surface area contributed by atoms with E-state index < -0.39 is 10.5 Å². The number of hydrogen-bond donors (Lipinski definition) is 0. The zero-order valence-electron chi connectivity index (χ0n) is 17.8. The lowest BCUT2D eigenvalue weighted by molar-refractivity contribution is -0.385. The number of methoxy groups -OCH3 is 1. The average molecular weight is 413 g/mol. The number of benzene rings is 2. The molecule has 1 saturated heterocycles. The van der Waals surface area contributed by atoms with Crippen molar-refractivity contribution in [3.05, 3.63) is 52.6 Å². The molecule has 3 rings (SSSR count). The SMILES string of the molecule is COc1cc(-c2cccc(N3CCN(C(=O)OC(C)(C)C)CC3)c2)ccc1[N+](=O)[O-]. The number of nitro groups is 1. The summed E-state index contributed by atoms with van der Waals surface area (Å²) >= 11 is 0. The van der Waals surface area contributed by atoms with E-state index in [9.17, 15) is 14.9 Å². The smallest absolute Gasteiger partial charge is 0.410 e. The van der Waals surface area contributed by atoms with Gasteiger partial charge >= 0.3 is 11.8 Å². The zero-order valence-corrected chi connectivity index (χ0v) is 17.8. The Morgan fingerprint density at radius 3 is 2.30 bits per heavy atom. The van der Waals surface area contributed by atoms with E-state index in [0.29, 0.717) is 26.2 Å². The number of hydrogen-bond acceptors (Lipinski definition) is 6. The van der Waals surface area contributed by atoms with Gasteiger partial charge in [0, 0.05) is 37.9 Å². The highest BCUT2D eigenvalue weighted by molar-refractivity contribution is 5.72. The summed E-state index contributed by atoms with van der Waals surface area (Å²) < 4.78 is 10.6. The van der Waals surface area contributed by atoms with Gasteiger partial charge in [-0.15, -0.1) is 0 Å². The summed E-state index contributed by atoms with van der Waals surface area (Å²) in [6.07, 6.45) is -0.283. The van der Waals surface area contributed by atoms with Crippen molar-refractivity contribution in [2.45, 2.75) is 26.4 Å². The van der Waals surface area contributed by atoms with Gasteiger partial charge in [-0.2, -0.15) is 0 Å². The Labute approximate surface area is 176 Å². The number of nitro benzene ring substituents is 1. The summed E-state index contributed by atoms with van der Waals surface area (Å²) in [5.41, 5.74) is 2.25. The van der Waals surface area contributed by atoms with Crippen LogP contribution >= 0.6 is 0 Å². The fourth-order valence-electron chi connectivity index (χ4n) is 3.36. The highest BCUT2D eigenvalue weighted by Crippen LogP contribution is 2.33. The number of anilines is 1. The normalized spacial score (nSPS) is 14.4. The maximum Gasteiger partial charge on any atom is 0.410 e. The minimum absolute atomic E-state index is 0.0596. The molecule has 2 aromatic carbocycles. The summed E-state index contributed by atoms with van der Waals surface area (Å²) in [6, 6.07) is 12.8. The number of carbonyl (C=O) groups is 1. The van der Waals surface area contributed by atoms with Crippen LogP contribution in [0, 0.1) is 10.1 Å². The van der Waals surface area contributed by atoms with Gasteiger partial charge < -0.3 is 19.3 Å². The van der Waals surface area contributed by atoms with E-state index in [0.717, 1.165) is 16.8 Å². The van der Waals surface area contributed by atoms with Gasteiger partial charge in [0.15, 0.2) is 5.75 Å². The van der Waals surface area contributed by atoms with E-state index in [-0.39, 0.29) is 17.5 Å². The van der Waals surface area contributed by atoms with E-state index in [1.54, 1.807) is 17.0 Å². The van der Waals surface area contributed by atoms with Crippen molar-refractivity contribution in [2.24, 2.45) is 0 Å². The van der Waals surface area contributed by atoms with Gasteiger partial charge in [-0.3, -0.25) is 10.1 Å². The van der Waals surface area contributed by atoms with E-state index >= 15 is 0 Å². The highest BCUT2D eigenvalue weighted by Gasteiger charge is 2.26. The molecule has 0 aliphatic carbocycles. The predicted octanol–water partition coefficient (Wildman–Crippen LogP) is 4.33.